The van der Waals surface area contributed by atoms with Crippen molar-refractivity contribution in [3.05, 3.63) is 23.5 Å². The van der Waals surface area contributed by atoms with Gasteiger partial charge in [0.2, 0.25) is 0 Å². The molecular formula is C16H25N3O. The Bertz CT molecular complexity index is 460. The quantitative estimate of drug-likeness (QED) is 0.534. The lowest BCUT2D eigenvalue weighted by molar-refractivity contribution is 0.267. The molecule has 0 spiro atoms. The van der Waals surface area contributed by atoms with Crippen LogP contribution in [0.4, 0.5) is 0 Å². The molecule has 4 heteroatoms. The van der Waals surface area contributed by atoms with Gasteiger partial charge < -0.3 is 15.7 Å². The minimum atomic E-state index is 0.252. The van der Waals surface area contributed by atoms with E-state index in [4.69, 9.17) is 0 Å². The fraction of sp³-hybridized carbons (Fsp3) is 0.688. The van der Waals surface area contributed by atoms with Crippen LogP contribution in [0.5, 0.6) is 0 Å². The number of nitrogens with one attached hydrogen (secondary N) is 2. The molecule has 4 nitrogen and oxygen atoms in total. The van der Waals surface area contributed by atoms with Crippen LogP contribution in [0.25, 0.3) is 0 Å². The predicted octanol–water partition coefficient (Wildman–Crippen LogP) is 2.15. The summed E-state index contributed by atoms with van der Waals surface area (Å²) in [5.74, 6) is 2.40. The number of nitrogens with zero attached hydrogens (tertiary/aromatic N) is 1. The molecule has 1 fully saturated rings. The maximum Gasteiger partial charge on any atom is 0.113 e. The summed E-state index contributed by atoms with van der Waals surface area (Å²) >= 11 is 0. The summed E-state index contributed by atoms with van der Waals surface area (Å²) in [6, 6.07) is 0.745. The molecule has 110 valence electrons. The molecule has 1 saturated heterocycles. The summed E-state index contributed by atoms with van der Waals surface area (Å²) in [5, 5.41) is 17.3. The largest absolute Gasteiger partial charge is 0.512 e. The van der Waals surface area contributed by atoms with Gasteiger partial charge in [-0.2, -0.15) is 0 Å². The third kappa shape index (κ3) is 2.37. The van der Waals surface area contributed by atoms with E-state index in [0.717, 1.165) is 37.2 Å². The zero-order chi connectivity index (χ0) is 14.1. The van der Waals surface area contributed by atoms with Crippen molar-refractivity contribution in [3.8, 4) is 0 Å². The zero-order valence-corrected chi connectivity index (χ0v) is 12.4. The molecule has 0 aromatic heterocycles. The van der Waals surface area contributed by atoms with Crippen LogP contribution in [0.3, 0.4) is 0 Å². The van der Waals surface area contributed by atoms with E-state index < -0.39 is 0 Å². The summed E-state index contributed by atoms with van der Waals surface area (Å²) in [6.07, 6.45) is 8.67. The summed E-state index contributed by atoms with van der Waals surface area (Å²) < 4.78 is 0. The van der Waals surface area contributed by atoms with Gasteiger partial charge in [-0.15, -0.1) is 0 Å². The van der Waals surface area contributed by atoms with Crippen molar-refractivity contribution in [1.82, 2.24) is 10.6 Å². The molecular weight excluding hydrogens is 250 g/mol. The highest BCUT2D eigenvalue weighted by molar-refractivity contribution is 5.88. The van der Waals surface area contributed by atoms with Crippen LogP contribution in [0.2, 0.25) is 0 Å². The molecule has 3 N–H and O–H groups in total. The topological polar surface area (TPSA) is 56.7 Å². The second kappa shape index (κ2) is 5.60. The second-order valence-corrected chi connectivity index (χ2v) is 6.21. The van der Waals surface area contributed by atoms with E-state index in [1.807, 2.05) is 7.05 Å². The average molecular weight is 275 g/mol. The fourth-order valence-corrected chi connectivity index (χ4v) is 3.80. The molecule has 3 aliphatic rings. The molecule has 20 heavy (non-hydrogen) atoms. The number of hydrogen-bond donors (Lipinski definition) is 3. The van der Waals surface area contributed by atoms with Crippen LogP contribution in [-0.4, -0.2) is 36.6 Å². The Labute approximate surface area is 121 Å². The SMILES string of the molecule is CN=C(N[C@@H]1CC=CC2=C(O)C(C)C1C2)[C@@H]1CCCN1. The van der Waals surface area contributed by atoms with Gasteiger partial charge in [-0.05, 0) is 43.7 Å². The molecule has 0 aromatic carbocycles. The molecule has 1 aliphatic heterocycles. The Morgan fingerprint density at radius 1 is 1.50 bits per heavy atom. The van der Waals surface area contributed by atoms with Gasteiger partial charge in [0.25, 0.3) is 0 Å². The van der Waals surface area contributed by atoms with E-state index in [1.54, 1.807) is 0 Å². The third-order valence-corrected chi connectivity index (χ3v) is 5.05. The maximum atomic E-state index is 10.2. The van der Waals surface area contributed by atoms with E-state index in [1.165, 1.54) is 6.42 Å². The molecule has 0 saturated carbocycles. The van der Waals surface area contributed by atoms with E-state index in [2.05, 4.69) is 34.7 Å². The molecule has 0 aromatic rings. The number of aliphatic hydroxyl groups excluding tert-OH is 1. The highest BCUT2D eigenvalue weighted by atomic mass is 16.3. The Hall–Kier alpha value is -1.29. The molecule has 4 atom stereocenters. The number of hydrogen-bond acceptors (Lipinski definition) is 3. The van der Waals surface area contributed by atoms with Crippen molar-refractivity contribution < 1.29 is 5.11 Å². The molecule has 3 rings (SSSR count). The van der Waals surface area contributed by atoms with Crippen molar-refractivity contribution in [1.29, 1.82) is 0 Å². The number of aliphatic hydroxyl groups is 1. The van der Waals surface area contributed by atoms with Crippen LogP contribution < -0.4 is 10.6 Å². The van der Waals surface area contributed by atoms with Crippen LogP contribution >= 0.6 is 0 Å². The highest BCUT2D eigenvalue weighted by Crippen LogP contribution is 2.41. The lowest BCUT2D eigenvalue weighted by Gasteiger charge is -2.30. The normalized spacial score (nSPS) is 37.4. The molecule has 2 aliphatic carbocycles. The monoisotopic (exact) mass is 275 g/mol. The van der Waals surface area contributed by atoms with Gasteiger partial charge in [-0.1, -0.05) is 19.1 Å². The number of fused-ring (bicyclic) bond motifs is 2. The third-order valence-electron chi connectivity index (χ3n) is 5.05. The van der Waals surface area contributed by atoms with Crippen LogP contribution in [0.15, 0.2) is 28.5 Å². The van der Waals surface area contributed by atoms with Crippen LogP contribution in [-0.2, 0) is 0 Å². The number of rotatable bonds is 2. The first-order valence-corrected chi connectivity index (χ1v) is 7.76. The maximum absolute atomic E-state index is 10.2. The minimum Gasteiger partial charge on any atom is -0.512 e. The molecule has 2 bridgehead atoms. The number of allylic oxidation sites excluding steroid dienone is 3. The van der Waals surface area contributed by atoms with Gasteiger partial charge in [0.15, 0.2) is 0 Å². The van der Waals surface area contributed by atoms with E-state index in [-0.39, 0.29) is 5.92 Å². The van der Waals surface area contributed by atoms with Gasteiger partial charge in [0, 0.05) is 19.0 Å². The zero-order valence-electron chi connectivity index (χ0n) is 12.4. The Balaban J connectivity index is 1.73. The van der Waals surface area contributed by atoms with Gasteiger partial charge >= 0.3 is 0 Å². The first kappa shape index (κ1) is 13.7. The second-order valence-electron chi connectivity index (χ2n) is 6.21. The number of aliphatic imine (C=N–C) groups is 1. The lowest BCUT2D eigenvalue weighted by atomic mass is 9.87. The fourth-order valence-electron chi connectivity index (χ4n) is 3.80. The minimum absolute atomic E-state index is 0.252. The molecule has 1 heterocycles. The summed E-state index contributed by atoms with van der Waals surface area (Å²) in [5.41, 5.74) is 1.13. The summed E-state index contributed by atoms with van der Waals surface area (Å²) in [6.45, 7) is 3.22. The molecule has 2 unspecified atom stereocenters. The molecule has 0 amide bonds. The standard InChI is InChI=1S/C16H25N3O/c1-10-12-9-11(15(10)20)5-3-6-13(12)19-16(17-2)14-7-4-8-18-14/h3,5,10,12-14,18,20H,4,6-9H2,1-2H3,(H,17,19)/t10?,12?,13-,14+/m1/s1. The lowest BCUT2D eigenvalue weighted by Crippen LogP contribution is -2.48. The number of amidine groups is 1. The Kier molecular flexibility index (Phi) is 3.83. The highest BCUT2D eigenvalue weighted by Gasteiger charge is 2.38. The van der Waals surface area contributed by atoms with Crippen LogP contribution in [0, 0.1) is 11.8 Å². The van der Waals surface area contributed by atoms with Gasteiger partial charge in [-0.3, -0.25) is 4.99 Å². The van der Waals surface area contributed by atoms with Gasteiger partial charge in [0.05, 0.1) is 11.8 Å². The van der Waals surface area contributed by atoms with Gasteiger partial charge in [-0.25, -0.2) is 0 Å². The Morgan fingerprint density at radius 2 is 2.35 bits per heavy atom. The summed E-state index contributed by atoms with van der Waals surface area (Å²) in [4.78, 5) is 4.46. The van der Waals surface area contributed by atoms with E-state index in [9.17, 15) is 5.11 Å². The molecule has 0 radical (unpaired) electrons. The first-order valence-electron chi connectivity index (χ1n) is 7.76. The Morgan fingerprint density at radius 3 is 3.05 bits per heavy atom. The van der Waals surface area contributed by atoms with Crippen molar-refractivity contribution in [3.63, 3.8) is 0 Å². The van der Waals surface area contributed by atoms with Crippen molar-refractivity contribution in [2.24, 2.45) is 16.8 Å². The van der Waals surface area contributed by atoms with E-state index >= 15 is 0 Å². The van der Waals surface area contributed by atoms with E-state index in [0.29, 0.717) is 23.8 Å². The van der Waals surface area contributed by atoms with Crippen molar-refractivity contribution in [2.45, 2.75) is 44.7 Å². The van der Waals surface area contributed by atoms with Crippen LogP contribution in [0.1, 0.15) is 32.6 Å². The smallest absolute Gasteiger partial charge is 0.113 e. The average Bonchev–Trinajstić information content (AvgIpc) is 3.00. The predicted molar refractivity (Wildman–Crippen MR) is 82.0 cm³/mol. The van der Waals surface area contributed by atoms with Crippen molar-refractivity contribution >= 4 is 5.84 Å². The summed E-state index contributed by atoms with van der Waals surface area (Å²) in [7, 11) is 1.87. The van der Waals surface area contributed by atoms with Crippen molar-refractivity contribution in [2.75, 3.05) is 13.6 Å². The first-order chi connectivity index (χ1) is 9.70. The van der Waals surface area contributed by atoms with Gasteiger partial charge in [0.1, 0.15) is 5.84 Å².